The lowest BCUT2D eigenvalue weighted by Crippen LogP contribution is -2.34. The van der Waals surface area contributed by atoms with Gasteiger partial charge in [-0.25, -0.2) is 0 Å². The van der Waals surface area contributed by atoms with Gasteiger partial charge in [-0.2, -0.15) is 26.3 Å². The summed E-state index contributed by atoms with van der Waals surface area (Å²) in [7, 11) is 0. The molecule has 0 atom stereocenters. The molecule has 1 fully saturated rings. The van der Waals surface area contributed by atoms with Gasteiger partial charge in [0, 0.05) is 5.41 Å². The average Bonchev–Trinajstić information content (AvgIpc) is 3.56. The van der Waals surface area contributed by atoms with Crippen LogP contribution in [0.1, 0.15) is 52.6 Å². The number of allylic oxidation sites excluding steroid dienone is 2. The zero-order valence-corrected chi connectivity index (χ0v) is 22.5. The van der Waals surface area contributed by atoms with Crippen molar-refractivity contribution in [2.75, 3.05) is 0 Å². The first-order valence-corrected chi connectivity index (χ1v) is 14.0. The van der Waals surface area contributed by atoms with Crippen molar-refractivity contribution in [1.29, 1.82) is 0 Å². The van der Waals surface area contributed by atoms with Crippen molar-refractivity contribution in [3.63, 3.8) is 0 Å². The number of fused-ring (bicyclic) bond motifs is 2. The van der Waals surface area contributed by atoms with E-state index in [9.17, 15) is 26.3 Å². The largest absolute Gasteiger partial charge is 0.416 e. The molecule has 3 aliphatic carbocycles. The van der Waals surface area contributed by atoms with Gasteiger partial charge in [-0.15, -0.1) is 0 Å². The second-order valence-electron chi connectivity index (χ2n) is 11.5. The maximum absolute atomic E-state index is 13.1. The molecule has 42 heavy (non-hydrogen) atoms. The molecular weight excluding hydrogens is 546 g/mol. The SMILES string of the molecule is FC(F)(F)c1ccc(-c2cccc3c2C=C(C2(C4=Cc5c(cccc5-c5ccc(C(F)(F)F)cc5)C4)CCC2)C3)cc1. The first-order valence-electron chi connectivity index (χ1n) is 14.0. The van der Waals surface area contributed by atoms with Crippen LogP contribution < -0.4 is 0 Å². The Hall–Kier alpha value is -4.06. The minimum absolute atomic E-state index is 0.0904. The van der Waals surface area contributed by atoms with Gasteiger partial charge in [0.1, 0.15) is 0 Å². The monoisotopic (exact) mass is 572 g/mol. The van der Waals surface area contributed by atoms with Crippen LogP contribution in [0.3, 0.4) is 0 Å². The Morgan fingerprint density at radius 1 is 0.500 bits per heavy atom. The fourth-order valence-electron chi connectivity index (χ4n) is 6.91. The molecular formula is C36H26F6. The Bertz CT molecular complexity index is 1620. The van der Waals surface area contributed by atoms with Gasteiger partial charge in [-0.05, 0) is 94.5 Å². The minimum Gasteiger partial charge on any atom is -0.166 e. The molecule has 212 valence electrons. The third-order valence-electron chi connectivity index (χ3n) is 9.27. The molecule has 0 N–H and O–H groups in total. The van der Waals surface area contributed by atoms with E-state index in [1.165, 1.54) is 22.3 Å². The van der Waals surface area contributed by atoms with Gasteiger partial charge in [0.2, 0.25) is 0 Å². The second-order valence-corrected chi connectivity index (χ2v) is 11.5. The predicted octanol–water partition coefficient (Wildman–Crippen LogP) is 10.8. The van der Waals surface area contributed by atoms with Crippen molar-refractivity contribution >= 4 is 12.2 Å². The summed E-state index contributed by atoms with van der Waals surface area (Å²) in [5.74, 6) is 0. The number of benzene rings is 4. The quantitative estimate of drug-likeness (QED) is 0.213. The molecule has 0 bridgehead atoms. The van der Waals surface area contributed by atoms with Crippen LogP contribution in [0.5, 0.6) is 0 Å². The van der Waals surface area contributed by atoms with Crippen molar-refractivity contribution in [3.8, 4) is 22.3 Å². The Kier molecular flexibility index (Phi) is 6.05. The summed E-state index contributed by atoms with van der Waals surface area (Å²) in [5.41, 5.74) is 9.12. The van der Waals surface area contributed by atoms with Crippen LogP contribution >= 0.6 is 0 Å². The summed E-state index contributed by atoms with van der Waals surface area (Å²) >= 11 is 0. The summed E-state index contributed by atoms with van der Waals surface area (Å²) in [5, 5.41) is 0. The van der Waals surface area contributed by atoms with E-state index in [-0.39, 0.29) is 5.41 Å². The van der Waals surface area contributed by atoms with Gasteiger partial charge in [0.05, 0.1) is 11.1 Å². The van der Waals surface area contributed by atoms with E-state index in [4.69, 9.17) is 0 Å². The maximum atomic E-state index is 13.1. The van der Waals surface area contributed by atoms with E-state index in [1.54, 1.807) is 24.3 Å². The molecule has 0 spiro atoms. The Morgan fingerprint density at radius 2 is 0.905 bits per heavy atom. The van der Waals surface area contributed by atoms with Gasteiger partial charge in [0.25, 0.3) is 0 Å². The van der Waals surface area contributed by atoms with Gasteiger partial charge in [-0.1, -0.05) is 90.4 Å². The van der Waals surface area contributed by atoms with E-state index in [0.29, 0.717) is 0 Å². The summed E-state index contributed by atoms with van der Waals surface area (Å²) in [6.07, 6.45) is 0.505. The van der Waals surface area contributed by atoms with E-state index >= 15 is 0 Å². The van der Waals surface area contributed by atoms with Crippen molar-refractivity contribution in [2.45, 2.75) is 44.5 Å². The molecule has 6 heteroatoms. The number of rotatable bonds is 4. The summed E-state index contributed by atoms with van der Waals surface area (Å²) in [6.45, 7) is 0. The molecule has 0 radical (unpaired) electrons. The Labute approximate surface area is 240 Å². The van der Waals surface area contributed by atoms with Crippen LogP contribution in [0.4, 0.5) is 26.3 Å². The van der Waals surface area contributed by atoms with Crippen molar-refractivity contribution in [1.82, 2.24) is 0 Å². The highest BCUT2D eigenvalue weighted by molar-refractivity contribution is 5.85. The first kappa shape index (κ1) is 26.8. The first-order chi connectivity index (χ1) is 20.0. The molecule has 4 aromatic carbocycles. The van der Waals surface area contributed by atoms with E-state index < -0.39 is 23.5 Å². The molecule has 1 saturated carbocycles. The van der Waals surface area contributed by atoms with Crippen molar-refractivity contribution in [3.05, 3.63) is 129 Å². The van der Waals surface area contributed by atoms with Crippen LogP contribution in [0.25, 0.3) is 34.4 Å². The van der Waals surface area contributed by atoms with Crippen LogP contribution in [0.15, 0.2) is 96.1 Å². The Morgan fingerprint density at radius 3 is 1.24 bits per heavy atom. The van der Waals surface area contributed by atoms with E-state index in [2.05, 4.69) is 24.3 Å². The number of alkyl halides is 6. The summed E-state index contributed by atoms with van der Waals surface area (Å²) in [4.78, 5) is 0. The molecule has 0 saturated heterocycles. The standard InChI is InChI=1S/C36H26F6/c37-35(38,39)26-12-8-22(9-13-26)30-6-1-4-24-18-28(20-32(24)30)34(16-3-17-34)29-19-25-5-2-7-31(33(25)21-29)23-10-14-27(15-11-23)36(40,41)42/h1-2,4-15,20-21H,3,16-19H2. The average molecular weight is 573 g/mol. The Balaban J connectivity index is 1.23. The molecule has 0 amide bonds. The van der Waals surface area contributed by atoms with Gasteiger partial charge in [-0.3, -0.25) is 0 Å². The van der Waals surface area contributed by atoms with Gasteiger partial charge >= 0.3 is 12.4 Å². The van der Waals surface area contributed by atoms with Gasteiger partial charge < -0.3 is 0 Å². The predicted molar refractivity (Wildman–Crippen MR) is 153 cm³/mol. The number of halogens is 6. The molecule has 4 aromatic rings. The lowest BCUT2D eigenvalue weighted by Gasteiger charge is -2.45. The number of hydrogen-bond acceptors (Lipinski definition) is 0. The third kappa shape index (κ3) is 4.39. The molecule has 0 unspecified atom stereocenters. The molecule has 0 aromatic heterocycles. The van der Waals surface area contributed by atoms with Crippen LogP contribution in [-0.4, -0.2) is 0 Å². The minimum atomic E-state index is -4.38. The van der Waals surface area contributed by atoms with Crippen LogP contribution in [0.2, 0.25) is 0 Å². The van der Waals surface area contributed by atoms with Crippen LogP contribution in [0, 0.1) is 5.41 Å². The molecule has 0 heterocycles. The fourth-order valence-corrected chi connectivity index (χ4v) is 6.91. The second kappa shape index (κ2) is 9.48. The summed E-state index contributed by atoms with van der Waals surface area (Å²) < 4.78 is 78.8. The lowest BCUT2D eigenvalue weighted by atomic mass is 9.59. The smallest absolute Gasteiger partial charge is 0.166 e. The third-order valence-corrected chi connectivity index (χ3v) is 9.27. The maximum Gasteiger partial charge on any atom is 0.416 e. The molecule has 0 nitrogen and oxygen atoms in total. The lowest BCUT2D eigenvalue weighted by molar-refractivity contribution is -0.138. The highest BCUT2D eigenvalue weighted by atomic mass is 19.4. The highest BCUT2D eigenvalue weighted by Crippen LogP contribution is 2.59. The van der Waals surface area contributed by atoms with E-state index in [0.717, 1.165) is 89.8 Å². The molecule has 7 rings (SSSR count). The molecule has 0 aliphatic heterocycles. The fraction of sp³-hybridized carbons (Fsp3) is 0.222. The normalized spacial score (nSPS) is 17.3. The highest BCUT2D eigenvalue weighted by Gasteiger charge is 2.46. The van der Waals surface area contributed by atoms with Crippen molar-refractivity contribution in [2.24, 2.45) is 5.41 Å². The van der Waals surface area contributed by atoms with E-state index in [1.807, 2.05) is 24.3 Å². The van der Waals surface area contributed by atoms with Gasteiger partial charge in [0.15, 0.2) is 0 Å². The van der Waals surface area contributed by atoms with Crippen LogP contribution in [-0.2, 0) is 25.2 Å². The summed E-state index contributed by atoms with van der Waals surface area (Å²) in [6, 6.07) is 22.8. The topological polar surface area (TPSA) is 0 Å². The zero-order chi connectivity index (χ0) is 29.3. The zero-order valence-electron chi connectivity index (χ0n) is 22.5. The molecule has 3 aliphatic rings. The number of hydrogen-bond donors (Lipinski definition) is 0. The van der Waals surface area contributed by atoms with Crippen molar-refractivity contribution < 1.29 is 26.3 Å².